The molecule has 0 saturated heterocycles. The van der Waals surface area contributed by atoms with E-state index >= 15 is 0 Å². The van der Waals surface area contributed by atoms with Crippen LogP contribution in [0.5, 0.6) is 0 Å². The van der Waals surface area contributed by atoms with Gasteiger partial charge in [-0.25, -0.2) is 0 Å². The van der Waals surface area contributed by atoms with Gasteiger partial charge < -0.3 is 9.64 Å². The number of anilines is 1. The molecule has 0 spiro atoms. The van der Waals surface area contributed by atoms with Gasteiger partial charge in [0.05, 0.1) is 12.7 Å². The van der Waals surface area contributed by atoms with Gasteiger partial charge in [-0.3, -0.25) is 0 Å². The lowest BCUT2D eigenvalue weighted by molar-refractivity contribution is -0.0207. The van der Waals surface area contributed by atoms with E-state index in [-0.39, 0.29) is 0 Å². The van der Waals surface area contributed by atoms with Crippen LogP contribution in [0.1, 0.15) is 30.4 Å². The summed E-state index contributed by atoms with van der Waals surface area (Å²) in [4.78, 5) is 2.57. The van der Waals surface area contributed by atoms with Crippen molar-refractivity contribution in [3.05, 3.63) is 64.7 Å². The average Bonchev–Trinajstić information content (AvgIpc) is 2.54. The second kappa shape index (κ2) is 6.54. The highest BCUT2D eigenvalue weighted by molar-refractivity contribution is 6.30. The second-order valence-corrected chi connectivity index (χ2v) is 7.05. The minimum Gasteiger partial charge on any atom is -0.373 e. The number of aryl methyl sites for hydroxylation is 1. The molecule has 0 amide bonds. The zero-order valence-electron chi connectivity index (χ0n) is 13.2. The van der Waals surface area contributed by atoms with Crippen molar-refractivity contribution in [2.45, 2.75) is 44.4 Å². The number of ether oxygens (including phenoxy) is 1. The standard InChI is InChI=1S/C20H22ClNO/c21-17-8-9-20-16(11-17)7-4-10-22(20)18-12-19(13-18)23-14-15-5-2-1-3-6-15/h1-3,5-6,8-9,11,18-19H,4,7,10,12-14H2. The fraction of sp³-hybridized carbons (Fsp3) is 0.400. The van der Waals surface area contributed by atoms with E-state index in [0.717, 1.165) is 37.4 Å². The first kappa shape index (κ1) is 15.0. The Hall–Kier alpha value is -1.51. The van der Waals surface area contributed by atoms with Gasteiger partial charge in [-0.15, -0.1) is 0 Å². The fourth-order valence-electron chi connectivity index (χ4n) is 3.69. The van der Waals surface area contributed by atoms with Gasteiger partial charge in [0, 0.05) is 23.3 Å². The molecule has 2 aromatic carbocycles. The number of fused-ring (bicyclic) bond motifs is 1. The number of benzene rings is 2. The predicted molar refractivity (Wildman–Crippen MR) is 95.2 cm³/mol. The number of nitrogens with zero attached hydrogens (tertiary/aromatic N) is 1. The lowest BCUT2D eigenvalue weighted by atomic mass is 9.85. The van der Waals surface area contributed by atoms with Crippen LogP contribution in [0.15, 0.2) is 48.5 Å². The lowest BCUT2D eigenvalue weighted by Crippen LogP contribution is -2.50. The van der Waals surface area contributed by atoms with Gasteiger partial charge >= 0.3 is 0 Å². The summed E-state index contributed by atoms with van der Waals surface area (Å²) in [5.74, 6) is 0. The SMILES string of the molecule is Clc1ccc2c(c1)CCCN2C1CC(OCc2ccccc2)C1. The topological polar surface area (TPSA) is 12.5 Å². The normalized spacial score (nSPS) is 23.3. The molecule has 4 rings (SSSR count). The molecule has 0 atom stereocenters. The molecule has 3 heteroatoms. The summed E-state index contributed by atoms with van der Waals surface area (Å²) in [6.07, 6.45) is 5.04. The van der Waals surface area contributed by atoms with Crippen molar-refractivity contribution in [2.24, 2.45) is 0 Å². The van der Waals surface area contributed by atoms with E-state index in [0.29, 0.717) is 12.1 Å². The maximum Gasteiger partial charge on any atom is 0.0720 e. The van der Waals surface area contributed by atoms with E-state index < -0.39 is 0 Å². The molecule has 1 heterocycles. The first-order valence-electron chi connectivity index (χ1n) is 8.50. The third-order valence-corrected chi connectivity index (χ3v) is 5.27. The molecule has 2 aromatic rings. The Morgan fingerprint density at radius 2 is 1.91 bits per heavy atom. The number of halogens is 1. The van der Waals surface area contributed by atoms with Gasteiger partial charge in [0.1, 0.15) is 0 Å². The molecule has 0 unspecified atom stereocenters. The third-order valence-electron chi connectivity index (χ3n) is 5.04. The van der Waals surface area contributed by atoms with E-state index in [4.69, 9.17) is 16.3 Å². The van der Waals surface area contributed by atoms with E-state index in [2.05, 4.69) is 41.3 Å². The molecular formula is C20H22ClNO. The molecule has 0 radical (unpaired) electrons. The van der Waals surface area contributed by atoms with Crippen molar-refractivity contribution in [3.8, 4) is 0 Å². The number of rotatable bonds is 4. The monoisotopic (exact) mass is 327 g/mol. The fourth-order valence-corrected chi connectivity index (χ4v) is 3.89. The Kier molecular flexibility index (Phi) is 4.28. The summed E-state index contributed by atoms with van der Waals surface area (Å²) in [6, 6.07) is 17.4. The molecule has 120 valence electrons. The summed E-state index contributed by atoms with van der Waals surface area (Å²) in [6.45, 7) is 1.88. The minimum atomic E-state index is 0.401. The smallest absolute Gasteiger partial charge is 0.0720 e. The van der Waals surface area contributed by atoms with Gasteiger partial charge in [0.2, 0.25) is 0 Å². The molecule has 2 aliphatic rings. The maximum absolute atomic E-state index is 6.14. The zero-order chi connectivity index (χ0) is 15.6. The summed E-state index contributed by atoms with van der Waals surface area (Å²) < 4.78 is 6.04. The van der Waals surface area contributed by atoms with Crippen LogP contribution in [0, 0.1) is 0 Å². The lowest BCUT2D eigenvalue weighted by Gasteiger charge is -2.46. The molecule has 0 bridgehead atoms. The summed E-state index contributed by atoms with van der Waals surface area (Å²) >= 11 is 6.14. The van der Waals surface area contributed by atoms with Crippen LogP contribution >= 0.6 is 11.6 Å². The molecule has 23 heavy (non-hydrogen) atoms. The number of hydrogen-bond acceptors (Lipinski definition) is 2. The first-order valence-corrected chi connectivity index (χ1v) is 8.88. The highest BCUT2D eigenvalue weighted by Gasteiger charge is 2.36. The van der Waals surface area contributed by atoms with Crippen molar-refractivity contribution in [2.75, 3.05) is 11.4 Å². The molecule has 0 N–H and O–H groups in total. The molecule has 1 fully saturated rings. The Bertz CT molecular complexity index is 667. The quantitative estimate of drug-likeness (QED) is 0.796. The molecule has 2 nitrogen and oxygen atoms in total. The van der Waals surface area contributed by atoms with Gasteiger partial charge in [-0.2, -0.15) is 0 Å². The average molecular weight is 328 g/mol. The van der Waals surface area contributed by atoms with Crippen molar-refractivity contribution >= 4 is 17.3 Å². The van der Waals surface area contributed by atoms with Gasteiger partial charge in [0.15, 0.2) is 0 Å². The van der Waals surface area contributed by atoms with Crippen LogP contribution in [-0.4, -0.2) is 18.7 Å². The van der Waals surface area contributed by atoms with E-state index in [1.807, 2.05) is 12.1 Å². The van der Waals surface area contributed by atoms with Crippen molar-refractivity contribution in [1.29, 1.82) is 0 Å². The van der Waals surface area contributed by atoms with Crippen molar-refractivity contribution in [1.82, 2.24) is 0 Å². The van der Waals surface area contributed by atoms with Crippen molar-refractivity contribution < 1.29 is 4.74 Å². The summed E-state index contributed by atoms with van der Waals surface area (Å²) in [7, 11) is 0. The highest BCUT2D eigenvalue weighted by Crippen LogP contribution is 2.37. The molecule has 1 aliphatic heterocycles. The third kappa shape index (κ3) is 3.24. The summed E-state index contributed by atoms with van der Waals surface area (Å²) in [5.41, 5.74) is 4.04. The molecule has 1 saturated carbocycles. The van der Waals surface area contributed by atoms with Crippen LogP contribution in [0.25, 0.3) is 0 Å². The van der Waals surface area contributed by atoms with E-state index in [1.165, 1.54) is 23.2 Å². The van der Waals surface area contributed by atoms with Crippen LogP contribution in [0.4, 0.5) is 5.69 Å². The minimum absolute atomic E-state index is 0.401. The first-order chi connectivity index (χ1) is 11.3. The summed E-state index contributed by atoms with van der Waals surface area (Å²) in [5, 5.41) is 0.850. The second-order valence-electron chi connectivity index (χ2n) is 6.61. The maximum atomic E-state index is 6.14. The van der Waals surface area contributed by atoms with Crippen molar-refractivity contribution in [3.63, 3.8) is 0 Å². The van der Waals surface area contributed by atoms with Crippen LogP contribution in [0.2, 0.25) is 5.02 Å². The highest BCUT2D eigenvalue weighted by atomic mass is 35.5. The largest absolute Gasteiger partial charge is 0.373 e. The van der Waals surface area contributed by atoms with Gasteiger partial charge in [0.25, 0.3) is 0 Å². The van der Waals surface area contributed by atoms with Gasteiger partial charge in [-0.05, 0) is 55.0 Å². The predicted octanol–water partition coefficient (Wildman–Crippen LogP) is 4.84. The Morgan fingerprint density at radius 1 is 1.09 bits per heavy atom. The van der Waals surface area contributed by atoms with Crippen LogP contribution in [0.3, 0.4) is 0 Å². The van der Waals surface area contributed by atoms with Crippen LogP contribution < -0.4 is 4.90 Å². The van der Waals surface area contributed by atoms with E-state index in [9.17, 15) is 0 Å². The molecular weight excluding hydrogens is 306 g/mol. The molecule has 0 aromatic heterocycles. The Labute approximate surface area is 143 Å². The van der Waals surface area contributed by atoms with Crippen LogP contribution in [-0.2, 0) is 17.8 Å². The van der Waals surface area contributed by atoms with E-state index in [1.54, 1.807) is 0 Å². The molecule has 1 aliphatic carbocycles. The van der Waals surface area contributed by atoms with Gasteiger partial charge in [-0.1, -0.05) is 41.9 Å². The Morgan fingerprint density at radius 3 is 2.74 bits per heavy atom. The number of hydrogen-bond donors (Lipinski definition) is 0. The Balaban J connectivity index is 1.34. The zero-order valence-corrected chi connectivity index (χ0v) is 14.0.